The van der Waals surface area contributed by atoms with Gasteiger partial charge >= 0.3 is 0 Å². The Morgan fingerprint density at radius 3 is 2.62 bits per heavy atom. The topological polar surface area (TPSA) is 116 Å². The first-order chi connectivity index (χ1) is 13.9. The molecule has 1 aromatic heterocycles. The molecule has 10 nitrogen and oxygen atoms in total. The molecule has 29 heavy (non-hydrogen) atoms. The van der Waals surface area contributed by atoms with Crippen molar-refractivity contribution in [2.75, 3.05) is 44.7 Å². The fourth-order valence-electron chi connectivity index (χ4n) is 4.03. The monoisotopic (exact) mass is 420 g/mol. The number of rotatable bonds is 5. The van der Waals surface area contributed by atoms with Crippen LogP contribution < -0.4 is 4.90 Å². The first-order valence-corrected chi connectivity index (χ1v) is 11.0. The van der Waals surface area contributed by atoms with E-state index in [-0.39, 0.29) is 16.6 Å². The quantitative estimate of drug-likeness (QED) is 0.577. The number of hydrogen-bond donors (Lipinski definition) is 1. The maximum absolute atomic E-state index is 13.0. The average molecular weight is 420 g/mol. The summed E-state index contributed by atoms with van der Waals surface area (Å²) in [6, 6.07) is 4.14. The molecule has 3 heterocycles. The van der Waals surface area contributed by atoms with E-state index >= 15 is 0 Å². The molecular formula is C18H24N6O4S. The van der Waals surface area contributed by atoms with Crippen molar-refractivity contribution in [1.29, 1.82) is 0 Å². The summed E-state index contributed by atoms with van der Waals surface area (Å²) in [5.74, 6) is 0.755. The fraction of sp³-hybridized carbons (Fsp3) is 0.500. The van der Waals surface area contributed by atoms with Crippen LogP contribution in [0, 0.1) is 10.1 Å². The Hall–Kier alpha value is -2.50. The normalized spacial score (nSPS) is 21.6. The highest BCUT2D eigenvalue weighted by Crippen LogP contribution is 2.40. The van der Waals surface area contributed by atoms with Crippen molar-refractivity contribution in [3.8, 4) is 0 Å². The third kappa shape index (κ3) is 3.72. The van der Waals surface area contributed by atoms with Crippen LogP contribution in [-0.2, 0) is 10.0 Å². The van der Waals surface area contributed by atoms with Gasteiger partial charge in [-0.3, -0.25) is 10.1 Å². The number of imidazole rings is 1. The van der Waals surface area contributed by atoms with Crippen molar-refractivity contribution in [3.63, 3.8) is 0 Å². The van der Waals surface area contributed by atoms with Gasteiger partial charge in [-0.2, -0.15) is 4.31 Å². The second kappa shape index (κ2) is 7.73. The van der Waals surface area contributed by atoms with E-state index in [1.165, 1.54) is 16.4 Å². The molecule has 2 aromatic rings. The molecule has 0 saturated carbocycles. The van der Waals surface area contributed by atoms with Crippen LogP contribution in [0.15, 0.2) is 35.5 Å². The molecule has 0 aliphatic carbocycles. The zero-order valence-electron chi connectivity index (χ0n) is 16.2. The van der Waals surface area contributed by atoms with Crippen LogP contribution in [0.3, 0.4) is 0 Å². The molecule has 11 heteroatoms. The Morgan fingerprint density at radius 2 is 1.97 bits per heavy atom. The molecule has 2 aliphatic heterocycles. The maximum atomic E-state index is 13.0. The highest BCUT2D eigenvalue weighted by Gasteiger charge is 2.34. The summed E-state index contributed by atoms with van der Waals surface area (Å²) in [4.78, 5) is 22.6. The third-order valence-corrected chi connectivity index (χ3v) is 7.54. The minimum atomic E-state index is -3.77. The van der Waals surface area contributed by atoms with Gasteiger partial charge < -0.3 is 14.8 Å². The first kappa shape index (κ1) is 19.8. The highest BCUT2D eigenvalue weighted by atomic mass is 32.2. The van der Waals surface area contributed by atoms with E-state index in [1.54, 1.807) is 18.5 Å². The number of hydrogen-bond acceptors (Lipinski definition) is 7. The molecule has 156 valence electrons. The minimum absolute atomic E-state index is 0.0359. The van der Waals surface area contributed by atoms with Gasteiger partial charge in [0.2, 0.25) is 10.0 Å². The molecule has 2 saturated heterocycles. The van der Waals surface area contributed by atoms with Crippen LogP contribution >= 0.6 is 0 Å². The van der Waals surface area contributed by atoms with Gasteiger partial charge in [0.25, 0.3) is 5.69 Å². The number of piperazine rings is 1. The largest absolute Gasteiger partial charge is 0.356 e. The molecule has 0 spiro atoms. The first-order valence-electron chi connectivity index (χ1n) is 9.61. The smallest absolute Gasteiger partial charge is 0.293 e. The predicted octanol–water partition coefficient (Wildman–Crippen LogP) is 1.60. The molecule has 1 aromatic carbocycles. The summed E-state index contributed by atoms with van der Waals surface area (Å²) in [5, 5.41) is 11.8. The molecule has 2 fully saturated rings. The van der Waals surface area contributed by atoms with Crippen LogP contribution in [0.1, 0.15) is 24.7 Å². The second-order valence-corrected chi connectivity index (χ2v) is 9.38. The predicted molar refractivity (Wildman–Crippen MR) is 107 cm³/mol. The van der Waals surface area contributed by atoms with Crippen LogP contribution in [0.2, 0.25) is 0 Å². The van der Waals surface area contributed by atoms with Gasteiger partial charge in [0.1, 0.15) is 11.5 Å². The lowest BCUT2D eigenvalue weighted by molar-refractivity contribution is -0.384. The Balaban J connectivity index is 1.68. The van der Waals surface area contributed by atoms with Gasteiger partial charge in [-0.15, -0.1) is 0 Å². The average Bonchev–Trinajstić information content (AvgIpc) is 3.39. The Morgan fingerprint density at radius 1 is 1.21 bits per heavy atom. The number of nitrogens with one attached hydrogen (secondary N) is 1. The lowest BCUT2D eigenvalue weighted by Gasteiger charge is -2.31. The standard InChI is InChI=1S/C18H24N6O4S/c1-21-9-11-22(12-10-21)29(27,28)14-4-5-15(17(13-14)24(25)26)23-8-2-3-16(23)18-19-6-7-20-18/h4-7,13,16H,2-3,8-12H2,1H3,(H,19,20). The number of benzene rings is 1. The lowest BCUT2D eigenvalue weighted by Crippen LogP contribution is -2.47. The molecule has 4 rings (SSSR count). The van der Waals surface area contributed by atoms with Crippen LogP contribution in [-0.4, -0.2) is 72.3 Å². The summed E-state index contributed by atoms with van der Waals surface area (Å²) in [5.41, 5.74) is 0.227. The molecule has 2 aliphatic rings. The summed E-state index contributed by atoms with van der Waals surface area (Å²) >= 11 is 0. The van der Waals surface area contributed by atoms with Crippen molar-refractivity contribution in [2.24, 2.45) is 0 Å². The lowest BCUT2D eigenvalue weighted by atomic mass is 10.2. The second-order valence-electron chi connectivity index (χ2n) is 7.44. The van der Waals surface area contributed by atoms with E-state index in [1.807, 2.05) is 11.9 Å². The fourth-order valence-corrected chi connectivity index (χ4v) is 5.47. The van der Waals surface area contributed by atoms with Crippen molar-refractivity contribution in [1.82, 2.24) is 19.2 Å². The van der Waals surface area contributed by atoms with Crippen LogP contribution in [0.4, 0.5) is 11.4 Å². The maximum Gasteiger partial charge on any atom is 0.293 e. The van der Waals surface area contributed by atoms with E-state index in [9.17, 15) is 18.5 Å². The van der Waals surface area contributed by atoms with Crippen molar-refractivity contribution in [3.05, 3.63) is 46.5 Å². The molecule has 0 bridgehead atoms. The van der Waals surface area contributed by atoms with E-state index in [0.717, 1.165) is 18.7 Å². The number of nitro benzene ring substituents is 1. The van der Waals surface area contributed by atoms with Gasteiger partial charge in [0, 0.05) is 51.2 Å². The van der Waals surface area contributed by atoms with E-state index < -0.39 is 14.9 Å². The van der Waals surface area contributed by atoms with Crippen LogP contribution in [0.25, 0.3) is 0 Å². The molecular weight excluding hydrogens is 396 g/mol. The Labute approximate surface area is 169 Å². The Kier molecular flexibility index (Phi) is 5.28. The number of aromatic nitrogens is 2. The number of likely N-dealkylation sites (N-methyl/N-ethyl adjacent to an activating group) is 1. The SMILES string of the molecule is CN1CCN(S(=O)(=O)c2ccc(N3CCCC3c3ncc[nH]3)c([N+](=O)[O-])c2)CC1. The number of nitrogens with zero attached hydrogens (tertiary/aromatic N) is 5. The van der Waals surface area contributed by atoms with Crippen molar-refractivity contribution >= 4 is 21.4 Å². The summed E-state index contributed by atoms with van der Waals surface area (Å²) in [6.07, 6.45) is 5.09. The molecule has 1 N–H and O–H groups in total. The van der Waals surface area contributed by atoms with Gasteiger partial charge in [-0.25, -0.2) is 13.4 Å². The molecule has 0 radical (unpaired) electrons. The van der Waals surface area contributed by atoms with Gasteiger partial charge in [0.15, 0.2) is 0 Å². The van der Waals surface area contributed by atoms with Gasteiger partial charge in [-0.1, -0.05) is 0 Å². The van der Waals surface area contributed by atoms with E-state index in [2.05, 4.69) is 14.9 Å². The number of anilines is 1. The molecule has 1 unspecified atom stereocenters. The Bertz CT molecular complexity index is 986. The van der Waals surface area contributed by atoms with Crippen LogP contribution in [0.5, 0.6) is 0 Å². The zero-order chi connectivity index (χ0) is 20.6. The van der Waals surface area contributed by atoms with Gasteiger partial charge in [-0.05, 0) is 32.0 Å². The minimum Gasteiger partial charge on any atom is -0.356 e. The third-order valence-electron chi connectivity index (χ3n) is 5.64. The van der Waals surface area contributed by atoms with Gasteiger partial charge in [0.05, 0.1) is 15.9 Å². The number of sulfonamides is 1. The number of nitro groups is 1. The zero-order valence-corrected chi connectivity index (χ0v) is 17.0. The summed E-state index contributed by atoms with van der Waals surface area (Å²) in [6.45, 7) is 2.68. The highest BCUT2D eigenvalue weighted by molar-refractivity contribution is 7.89. The number of H-pyrrole nitrogens is 1. The summed E-state index contributed by atoms with van der Waals surface area (Å²) in [7, 11) is -1.83. The van der Waals surface area contributed by atoms with E-state index in [0.29, 0.717) is 38.4 Å². The molecule has 0 amide bonds. The number of aromatic amines is 1. The van der Waals surface area contributed by atoms with Crippen molar-refractivity contribution < 1.29 is 13.3 Å². The summed E-state index contributed by atoms with van der Waals surface area (Å²) < 4.78 is 27.4. The van der Waals surface area contributed by atoms with E-state index in [4.69, 9.17) is 0 Å². The molecule has 1 atom stereocenters. The van der Waals surface area contributed by atoms with Crippen molar-refractivity contribution in [2.45, 2.75) is 23.8 Å².